The number of rotatable bonds is 8. The van der Waals surface area contributed by atoms with Crippen molar-refractivity contribution in [2.75, 3.05) is 46.5 Å². The lowest BCUT2D eigenvalue weighted by molar-refractivity contribution is -0.140. The third-order valence-corrected chi connectivity index (χ3v) is 6.23. The molecule has 8 nitrogen and oxygen atoms in total. The van der Waals surface area contributed by atoms with Crippen molar-refractivity contribution in [1.29, 1.82) is 0 Å². The molecule has 4 rings (SSSR count). The number of carbonyl (C=O) groups is 2. The van der Waals surface area contributed by atoms with Crippen molar-refractivity contribution in [3.05, 3.63) is 65.2 Å². The van der Waals surface area contributed by atoms with Crippen molar-refractivity contribution in [1.82, 2.24) is 9.80 Å². The van der Waals surface area contributed by atoms with Crippen LogP contribution < -0.4 is 9.47 Å². The summed E-state index contributed by atoms with van der Waals surface area (Å²) in [6, 6.07) is 13.4. The van der Waals surface area contributed by atoms with Crippen molar-refractivity contribution < 1.29 is 28.9 Å². The Kier molecular flexibility index (Phi) is 7.73. The molecule has 2 heterocycles. The Morgan fingerprint density at radius 1 is 1.06 bits per heavy atom. The molecule has 2 saturated heterocycles. The van der Waals surface area contributed by atoms with E-state index < -0.39 is 17.7 Å². The van der Waals surface area contributed by atoms with E-state index in [4.69, 9.17) is 14.2 Å². The summed E-state index contributed by atoms with van der Waals surface area (Å²) in [6.07, 6.45) is 0.0109. The summed E-state index contributed by atoms with van der Waals surface area (Å²) in [6.45, 7) is 7.63. The number of hydrogen-bond donors (Lipinski definition) is 1. The topological polar surface area (TPSA) is 88.5 Å². The van der Waals surface area contributed by atoms with Gasteiger partial charge in [0, 0.05) is 37.3 Å². The minimum atomic E-state index is -0.765. The number of Topliss-reactive ketones (excluding diaryl/α,β-unsaturated/α-hetero) is 1. The van der Waals surface area contributed by atoms with Crippen molar-refractivity contribution in [2.45, 2.75) is 26.0 Å². The van der Waals surface area contributed by atoms with Crippen LogP contribution in [0, 0.1) is 0 Å². The number of para-hydroxylation sites is 1. The summed E-state index contributed by atoms with van der Waals surface area (Å²) in [5.74, 6) is -0.353. The van der Waals surface area contributed by atoms with Crippen LogP contribution in [0.25, 0.3) is 5.76 Å². The van der Waals surface area contributed by atoms with E-state index in [-0.39, 0.29) is 17.4 Å². The zero-order valence-corrected chi connectivity index (χ0v) is 20.4. The monoisotopic (exact) mass is 480 g/mol. The van der Waals surface area contributed by atoms with Gasteiger partial charge < -0.3 is 24.2 Å². The average Bonchev–Trinajstić information content (AvgIpc) is 3.12. The molecule has 0 saturated carbocycles. The Bertz CT molecular complexity index is 1090. The van der Waals surface area contributed by atoms with Gasteiger partial charge in [0.15, 0.2) is 0 Å². The zero-order chi connectivity index (χ0) is 24.9. The minimum absolute atomic E-state index is 0.0109. The fourth-order valence-electron chi connectivity index (χ4n) is 4.52. The van der Waals surface area contributed by atoms with Crippen LogP contribution in [0.15, 0.2) is 54.1 Å². The first kappa shape index (κ1) is 24.8. The van der Waals surface area contributed by atoms with E-state index in [0.29, 0.717) is 48.9 Å². The van der Waals surface area contributed by atoms with Crippen molar-refractivity contribution in [3.8, 4) is 11.5 Å². The molecule has 0 aromatic heterocycles. The predicted octanol–water partition coefficient (Wildman–Crippen LogP) is 3.24. The van der Waals surface area contributed by atoms with Crippen LogP contribution >= 0.6 is 0 Å². The molecule has 2 fully saturated rings. The zero-order valence-electron chi connectivity index (χ0n) is 20.4. The molecule has 8 heteroatoms. The Morgan fingerprint density at radius 2 is 1.74 bits per heavy atom. The maximum Gasteiger partial charge on any atom is 0.295 e. The standard InChI is InChI=1S/C27H32N2O6/c1-18(2)35-20-10-8-19(9-11-20)25(30)23-24(21-6-4-5-7-22(21)33-3)29(27(32)26(23)31)13-12-28-14-16-34-17-15-28/h4-11,18,24,30H,12-17H2,1-3H3/b25-23+/t24-/m0/s1. The number of morpholine rings is 1. The second-order valence-corrected chi connectivity index (χ2v) is 8.88. The second kappa shape index (κ2) is 10.9. The molecular formula is C27H32N2O6. The maximum atomic E-state index is 13.3. The molecule has 2 aromatic rings. The summed E-state index contributed by atoms with van der Waals surface area (Å²) >= 11 is 0. The Hall–Kier alpha value is -3.36. The third kappa shape index (κ3) is 5.33. The Balaban J connectivity index is 1.73. The number of hydrogen-bond acceptors (Lipinski definition) is 7. The molecule has 1 N–H and O–H groups in total. The normalized spacial score (nSPS) is 20.5. The fourth-order valence-corrected chi connectivity index (χ4v) is 4.52. The van der Waals surface area contributed by atoms with Crippen LogP contribution in [0.4, 0.5) is 0 Å². The fraction of sp³-hybridized carbons (Fsp3) is 0.407. The van der Waals surface area contributed by atoms with Gasteiger partial charge in [-0.2, -0.15) is 0 Å². The second-order valence-electron chi connectivity index (χ2n) is 8.88. The SMILES string of the molecule is COc1ccccc1[C@H]1/C(=C(\O)c2ccc(OC(C)C)cc2)C(=O)C(=O)N1CCN1CCOCC1. The first-order valence-electron chi connectivity index (χ1n) is 11.9. The molecule has 1 amide bonds. The lowest BCUT2D eigenvalue weighted by Crippen LogP contribution is -2.42. The van der Waals surface area contributed by atoms with Gasteiger partial charge in [0.25, 0.3) is 11.7 Å². The number of likely N-dealkylation sites (tertiary alicyclic amines) is 1. The number of aliphatic hydroxyl groups excluding tert-OH is 1. The van der Waals surface area contributed by atoms with Gasteiger partial charge in [0.05, 0.1) is 38.0 Å². The molecule has 2 aliphatic rings. The molecule has 0 spiro atoms. The summed E-state index contributed by atoms with van der Waals surface area (Å²) < 4.78 is 16.7. The largest absolute Gasteiger partial charge is 0.507 e. The molecule has 186 valence electrons. The van der Waals surface area contributed by atoms with Crippen LogP contribution in [0.3, 0.4) is 0 Å². The van der Waals surface area contributed by atoms with Crippen LogP contribution in [-0.2, 0) is 14.3 Å². The number of aliphatic hydroxyl groups is 1. The van der Waals surface area contributed by atoms with Gasteiger partial charge in [0.2, 0.25) is 0 Å². The first-order valence-corrected chi connectivity index (χ1v) is 11.9. The van der Waals surface area contributed by atoms with Crippen LogP contribution in [0.2, 0.25) is 0 Å². The highest BCUT2D eigenvalue weighted by molar-refractivity contribution is 6.46. The minimum Gasteiger partial charge on any atom is -0.507 e. The van der Waals surface area contributed by atoms with Gasteiger partial charge in [-0.15, -0.1) is 0 Å². The van der Waals surface area contributed by atoms with Crippen LogP contribution in [0.1, 0.15) is 31.0 Å². The predicted molar refractivity (Wildman–Crippen MR) is 131 cm³/mol. The number of methoxy groups -OCH3 is 1. The quantitative estimate of drug-likeness (QED) is 0.353. The summed E-state index contributed by atoms with van der Waals surface area (Å²) in [5, 5.41) is 11.3. The highest BCUT2D eigenvalue weighted by Gasteiger charge is 2.47. The van der Waals surface area contributed by atoms with Crippen molar-refractivity contribution in [3.63, 3.8) is 0 Å². The lowest BCUT2D eigenvalue weighted by Gasteiger charge is -2.31. The number of benzene rings is 2. The number of carbonyl (C=O) groups excluding carboxylic acids is 2. The molecule has 35 heavy (non-hydrogen) atoms. The van der Waals surface area contributed by atoms with Gasteiger partial charge in [-0.1, -0.05) is 18.2 Å². The molecule has 0 unspecified atom stereocenters. The van der Waals surface area contributed by atoms with Crippen LogP contribution in [0.5, 0.6) is 11.5 Å². The van der Waals surface area contributed by atoms with Gasteiger partial charge >= 0.3 is 0 Å². The summed E-state index contributed by atoms with van der Waals surface area (Å²) in [5.41, 5.74) is 1.14. The van der Waals surface area contributed by atoms with Crippen molar-refractivity contribution >= 4 is 17.4 Å². The maximum absolute atomic E-state index is 13.3. The first-order chi connectivity index (χ1) is 16.9. The van der Waals surface area contributed by atoms with Gasteiger partial charge in [-0.3, -0.25) is 14.5 Å². The van der Waals surface area contributed by atoms with E-state index in [1.807, 2.05) is 32.0 Å². The number of nitrogens with zero attached hydrogens (tertiary/aromatic N) is 2. The average molecular weight is 481 g/mol. The highest BCUT2D eigenvalue weighted by Crippen LogP contribution is 2.42. The lowest BCUT2D eigenvalue weighted by atomic mass is 9.94. The molecule has 2 aromatic carbocycles. The molecule has 2 aliphatic heterocycles. The van der Waals surface area contributed by atoms with E-state index in [1.165, 1.54) is 4.90 Å². The Labute approximate surface area is 205 Å². The van der Waals surface area contributed by atoms with Crippen LogP contribution in [-0.4, -0.2) is 79.2 Å². The highest BCUT2D eigenvalue weighted by atomic mass is 16.5. The number of ketones is 1. The Morgan fingerprint density at radius 3 is 2.40 bits per heavy atom. The molecular weight excluding hydrogens is 448 g/mol. The van der Waals surface area contributed by atoms with E-state index in [9.17, 15) is 14.7 Å². The summed E-state index contributed by atoms with van der Waals surface area (Å²) in [4.78, 5) is 30.2. The number of amides is 1. The molecule has 0 aliphatic carbocycles. The van der Waals surface area contributed by atoms with Crippen molar-refractivity contribution in [2.24, 2.45) is 0 Å². The molecule has 0 bridgehead atoms. The van der Waals surface area contributed by atoms with E-state index in [0.717, 1.165) is 13.1 Å². The van der Waals surface area contributed by atoms with E-state index in [2.05, 4.69) is 4.90 Å². The van der Waals surface area contributed by atoms with Gasteiger partial charge in [-0.25, -0.2) is 0 Å². The van der Waals surface area contributed by atoms with E-state index in [1.54, 1.807) is 37.4 Å². The smallest absolute Gasteiger partial charge is 0.295 e. The van der Waals surface area contributed by atoms with Gasteiger partial charge in [-0.05, 0) is 44.2 Å². The molecule has 0 radical (unpaired) electrons. The van der Waals surface area contributed by atoms with Gasteiger partial charge in [0.1, 0.15) is 17.3 Å². The molecule has 1 atom stereocenters. The summed E-state index contributed by atoms with van der Waals surface area (Å²) in [7, 11) is 1.55. The third-order valence-electron chi connectivity index (χ3n) is 6.23. The van der Waals surface area contributed by atoms with E-state index >= 15 is 0 Å². The number of ether oxygens (including phenoxy) is 3.